The third-order valence-electron chi connectivity index (χ3n) is 3.20. The third-order valence-corrected chi connectivity index (χ3v) is 4.02. The number of hydrogen-bond donors (Lipinski definition) is 3. The van der Waals surface area contributed by atoms with Gasteiger partial charge in [0.25, 0.3) is 0 Å². The van der Waals surface area contributed by atoms with Gasteiger partial charge in [0, 0.05) is 31.6 Å². The predicted octanol–water partition coefficient (Wildman–Crippen LogP) is 3.52. The Balaban J connectivity index is 0.00000625. The van der Waals surface area contributed by atoms with Gasteiger partial charge < -0.3 is 20.7 Å². The van der Waals surface area contributed by atoms with E-state index in [-0.39, 0.29) is 24.0 Å². The largest absolute Gasteiger partial charge is 0.444 e. The molecular formula is C18H31IN4O2S. The lowest BCUT2D eigenvalue weighted by atomic mass is 10.1. The van der Waals surface area contributed by atoms with Gasteiger partial charge in [-0.25, -0.2) is 4.79 Å². The molecule has 1 aromatic rings. The van der Waals surface area contributed by atoms with Crippen LogP contribution in [0.1, 0.15) is 31.9 Å². The van der Waals surface area contributed by atoms with Crippen LogP contribution in [0.15, 0.2) is 28.1 Å². The van der Waals surface area contributed by atoms with Gasteiger partial charge >= 0.3 is 6.09 Å². The van der Waals surface area contributed by atoms with Crippen LogP contribution in [-0.4, -0.2) is 44.0 Å². The Morgan fingerprint density at radius 3 is 2.42 bits per heavy atom. The van der Waals surface area contributed by atoms with E-state index in [0.29, 0.717) is 25.6 Å². The van der Waals surface area contributed by atoms with Crippen molar-refractivity contribution in [1.82, 2.24) is 16.0 Å². The number of carbonyl (C=O) groups excluding carboxylic acids is 1. The molecule has 1 amide bonds. The van der Waals surface area contributed by atoms with Crippen LogP contribution in [0.2, 0.25) is 0 Å². The molecule has 8 heteroatoms. The molecule has 0 saturated heterocycles. The summed E-state index contributed by atoms with van der Waals surface area (Å²) in [7, 11) is 1.72. The molecule has 6 nitrogen and oxygen atoms in total. The molecule has 1 aromatic carbocycles. The van der Waals surface area contributed by atoms with Crippen molar-refractivity contribution in [2.24, 2.45) is 4.99 Å². The number of nitrogens with one attached hydrogen (secondary N) is 3. The van der Waals surface area contributed by atoms with Crippen LogP contribution in [0, 0.1) is 6.92 Å². The van der Waals surface area contributed by atoms with Crippen LogP contribution in [0.4, 0.5) is 4.79 Å². The molecule has 26 heavy (non-hydrogen) atoms. The number of amides is 1. The number of aliphatic imine (C=N–C) groups is 1. The second-order valence-corrected chi connectivity index (χ2v) is 7.44. The molecule has 0 atom stereocenters. The smallest absolute Gasteiger partial charge is 0.407 e. The summed E-state index contributed by atoms with van der Waals surface area (Å²) in [6.45, 7) is 9.31. The third kappa shape index (κ3) is 10.1. The van der Waals surface area contributed by atoms with Crippen molar-refractivity contribution in [2.75, 3.05) is 26.4 Å². The highest BCUT2D eigenvalue weighted by Gasteiger charge is 2.15. The number of nitrogens with zero attached hydrogens (tertiary/aromatic N) is 1. The first-order valence-electron chi connectivity index (χ1n) is 8.30. The van der Waals surface area contributed by atoms with Gasteiger partial charge in [0.2, 0.25) is 0 Å². The molecule has 0 aliphatic rings. The molecule has 0 bridgehead atoms. The normalized spacial score (nSPS) is 11.4. The number of halogens is 1. The van der Waals surface area contributed by atoms with Crippen LogP contribution >= 0.6 is 35.7 Å². The fraction of sp³-hybridized carbons (Fsp3) is 0.556. The molecule has 0 aromatic heterocycles. The number of ether oxygens (including phenoxy) is 1. The quantitative estimate of drug-likeness (QED) is 0.186. The van der Waals surface area contributed by atoms with Crippen molar-refractivity contribution in [3.8, 4) is 0 Å². The van der Waals surface area contributed by atoms with Crippen LogP contribution in [0.3, 0.4) is 0 Å². The highest BCUT2D eigenvalue weighted by molar-refractivity contribution is 14.0. The fourth-order valence-corrected chi connectivity index (χ4v) is 2.76. The second-order valence-electron chi connectivity index (χ2n) is 6.60. The number of hydrogen-bond acceptors (Lipinski definition) is 4. The molecule has 0 radical (unpaired) electrons. The molecule has 0 aliphatic carbocycles. The first-order chi connectivity index (χ1) is 11.7. The minimum absolute atomic E-state index is 0. The highest BCUT2D eigenvalue weighted by Crippen LogP contribution is 2.21. The fourth-order valence-electron chi connectivity index (χ4n) is 2.06. The van der Waals surface area contributed by atoms with Gasteiger partial charge in [0.15, 0.2) is 5.96 Å². The Kier molecular flexibility index (Phi) is 11.7. The van der Waals surface area contributed by atoms with E-state index < -0.39 is 11.7 Å². The van der Waals surface area contributed by atoms with E-state index in [2.05, 4.69) is 52.3 Å². The number of guanidine groups is 1. The van der Waals surface area contributed by atoms with Crippen molar-refractivity contribution >= 4 is 47.8 Å². The van der Waals surface area contributed by atoms with Gasteiger partial charge in [-0.2, -0.15) is 0 Å². The number of rotatable bonds is 6. The molecular weight excluding hydrogens is 463 g/mol. The lowest BCUT2D eigenvalue weighted by Crippen LogP contribution is -2.42. The minimum atomic E-state index is -0.488. The molecule has 0 fully saturated rings. The molecule has 0 unspecified atom stereocenters. The Hall–Kier alpha value is -1.16. The maximum Gasteiger partial charge on any atom is 0.407 e. The number of benzene rings is 1. The Bertz CT molecular complexity index is 603. The Labute approximate surface area is 178 Å². The van der Waals surface area contributed by atoms with E-state index in [1.54, 1.807) is 18.8 Å². The summed E-state index contributed by atoms with van der Waals surface area (Å²) in [5.41, 5.74) is 2.00. The summed E-state index contributed by atoms with van der Waals surface area (Å²) < 4.78 is 5.19. The van der Waals surface area contributed by atoms with Crippen molar-refractivity contribution in [3.63, 3.8) is 0 Å². The number of carbonyl (C=O) groups is 1. The first kappa shape index (κ1) is 24.8. The average molecular weight is 494 g/mol. The Morgan fingerprint density at radius 1 is 1.19 bits per heavy atom. The van der Waals surface area contributed by atoms with Gasteiger partial charge in [-0.15, -0.1) is 35.7 Å². The standard InChI is InChI=1S/C18H30N4O2S.HI/c1-13-7-8-14(15(11-13)25-6)12-22-16(19-5)20-9-10-21-17(23)24-18(2,3)4;/h7-8,11H,9-10,12H2,1-6H3,(H,21,23)(H2,19,20,22);1H. The zero-order valence-electron chi connectivity index (χ0n) is 16.4. The summed E-state index contributed by atoms with van der Waals surface area (Å²) in [6, 6.07) is 6.42. The van der Waals surface area contributed by atoms with Crippen molar-refractivity contribution in [3.05, 3.63) is 29.3 Å². The minimum Gasteiger partial charge on any atom is -0.444 e. The first-order valence-corrected chi connectivity index (χ1v) is 9.52. The molecule has 0 saturated carbocycles. The lowest BCUT2D eigenvalue weighted by Gasteiger charge is -2.20. The molecule has 0 spiro atoms. The zero-order valence-corrected chi connectivity index (χ0v) is 19.6. The average Bonchev–Trinajstić information content (AvgIpc) is 2.53. The SMILES string of the molecule is CN=C(NCCNC(=O)OC(C)(C)C)NCc1ccc(C)cc1SC.I. The van der Waals surface area contributed by atoms with Crippen LogP contribution in [0.5, 0.6) is 0 Å². The van der Waals surface area contributed by atoms with Crippen molar-refractivity contribution in [1.29, 1.82) is 0 Å². The number of thioether (sulfide) groups is 1. The Morgan fingerprint density at radius 2 is 1.85 bits per heavy atom. The highest BCUT2D eigenvalue weighted by atomic mass is 127. The summed E-state index contributed by atoms with van der Waals surface area (Å²) in [5.74, 6) is 0.693. The van der Waals surface area contributed by atoms with Gasteiger partial charge in [0.1, 0.15) is 5.60 Å². The molecule has 148 valence electrons. The molecule has 1 rings (SSSR count). The summed E-state index contributed by atoms with van der Waals surface area (Å²) >= 11 is 1.74. The lowest BCUT2D eigenvalue weighted by molar-refractivity contribution is 0.0529. The predicted molar refractivity (Wildman–Crippen MR) is 121 cm³/mol. The number of aryl methyl sites for hydroxylation is 1. The van der Waals surface area contributed by atoms with Crippen LogP contribution < -0.4 is 16.0 Å². The van der Waals surface area contributed by atoms with Crippen molar-refractivity contribution in [2.45, 2.75) is 44.7 Å². The molecule has 3 N–H and O–H groups in total. The van der Waals surface area contributed by atoms with E-state index in [1.807, 2.05) is 20.8 Å². The van der Waals surface area contributed by atoms with E-state index in [1.165, 1.54) is 16.0 Å². The summed E-state index contributed by atoms with van der Waals surface area (Å²) in [4.78, 5) is 17.0. The van der Waals surface area contributed by atoms with E-state index in [0.717, 1.165) is 0 Å². The van der Waals surface area contributed by atoms with E-state index in [4.69, 9.17) is 4.74 Å². The van der Waals surface area contributed by atoms with Gasteiger partial charge in [-0.05, 0) is 51.1 Å². The van der Waals surface area contributed by atoms with Gasteiger partial charge in [0.05, 0.1) is 0 Å². The van der Waals surface area contributed by atoms with Gasteiger partial charge in [-0.3, -0.25) is 4.99 Å². The van der Waals surface area contributed by atoms with Gasteiger partial charge in [-0.1, -0.05) is 12.1 Å². The molecule has 0 heterocycles. The molecule has 0 aliphatic heterocycles. The monoisotopic (exact) mass is 494 g/mol. The summed E-state index contributed by atoms with van der Waals surface area (Å²) in [5, 5.41) is 9.16. The second kappa shape index (κ2) is 12.3. The van der Waals surface area contributed by atoms with E-state index >= 15 is 0 Å². The van der Waals surface area contributed by atoms with Crippen molar-refractivity contribution < 1.29 is 9.53 Å². The number of alkyl carbamates (subject to hydrolysis) is 1. The zero-order chi connectivity index (χ0) is 18.9. The maximum absolute atomic E-state index is 11.6. The summed E-state index contributed by atoms with van der Waals surface area (Å²) in [6.07, 6.45) is 1.66. The van der Waals surface area contributed by atoms with E-state index in [9.17, 15) is 4.79 Å². The van der Waals surface area contributed by atoms with Crippen LogP contribution in [-0.2, 0) is 11.3 Å². The van der Waals surface area contributed by atoms with Crippen LogP contribution in [0.25, 0.3) is 0 Å². The topological polar surface area (TPSA) is 74.8 Å². The maximum atomic E-state index is 11.6.